The first kappa shape index (κ1) is 14.3. The molecular formula is C14H15N3O2S. The molecule has 5 nitrogen and oxygen atoms in total. The molecule has 0 unspecified atom stereocenters. The van der Waals surface area contributed by atoms with Crippen molar-refractivity contribution < 1.29 is 4.79 Å². The van der Waals surface area contributed by atoms with Gasteiger partial charge in [-0.3, -0.25) is 9.59 Å². The highest BCUT2D eigenvalue weighted by molar-refractivity contribution is 7.99. The van der Waals surface area contributed by atoms with Gasteiger partial charge in [0.1, 0.15) is 0 Å². The van der Waals surface area contributed by atoms with E-state index in [9.17, 15) is 9.59 Å². The van der Waals surface area contributed by atoms with E-state index in [-0.39, 0.29) is 17.2 Å². The Morgan fingerprint density at radius 1 is 1.30 bits per heavy atom. The van der Waals surface area contributed by atoms with Crippen LogP contribution in [-0.2, 0) is 4.79 Å². The fourth-order valence-corrected chi connectivity index (χ4v) is 2.39. The lowest BCUT2D eigenvalue weighted by atomic mass is 10.1. The topological polar surface area (TPSA) is 74.8 Å². The summed E-state index contributed by atoms with van der Waals surface area (Å²) in [7, 11) is 0. The second-order valence-electron chi connectivity index (χ2n) is 4.34. The number of aromatic amines is 1. The molecule has 0 atom stereocenters. The first-order valence-electron chi connectivity index (χ1n) is 6.10. The summed E-state index contributed by atoms with van der Waals surface area (Å²) >= 11 is 1.19. The summed E-state index contributed by atoms with van der Waals surface area (Å²) in [6.45, 7) is 3.90. The molecule has 0 bridgehead atoms. The third kappa shape index (κ3) is 3.71. The van der Waals surface area contributed by atoms with Crippen molar-refractivity contribution >= 4 is 23.4 Å². The molecule has 2 rings (SSSR count). The average molecular weight is 289 g/mol. The van der Waals surface area contributed by atoms with Gasteiger partial charge in [-0.25, -0.2) is 4.98 Å². The molecule has 0 spiro atoms. The summed E-state index contributed by atoms with van der Waals surface area (Å²) < 4.78 is 0. The zero-order chi connectivity index (χ0) is 14.5. The number of H-pyrrole nitrogens is 1. The molecule has 0 radical (unpaired) electrons. The summed E-state index contributed by atoms with van der Waals surface area (Å²) in [6.07, 6.45) is 1.42. The van der Waals surface area contributed by atoms with Crippen molar-refractivity contribution in [3.63, 3.8) is 0 Å². The molecule has 0 aliphatic heterocycles. The number of aryl methyl sites for hydroxylation is 2. The highest BCUT2D eigenvalue weighted by atomic mass is 32.2. The van der Waals surface area contributed by atoms with Crippen LogP contribution in [0, 0.1) is 13.8 Å². The number of nitrogens with zero attached hydrogens (tertiary/aromatic N) is 1. The van der Waals surface area contributed by atoms with E-state index in [1.807, 2.05) is 32.0 Å². The van der Waals surface area contributed by atoms with E-state index in [4.69, 9.17) is 0 Å². The normalized spacial score (nSPS) is 10.3. The van der Waals surface area contributed by atoms with Gasteiger partial charge in [0.05, 0.1) is 5.75 Å². The lowest BCUT2D eigenvalue weighted by Crippen LogP contribution is -2.16. The summed E-state index contributed by atoms with van der Waals surface area (Å²) in [5.41, 5.74) is 2.66. The van der Waals surface area contributed by atoms with Crippen LogP contribution < -0.4 is 10.9 Å². The fourth-order valence-electron chi connectivity index (χ4n) is 1.75. The van der Waals surface area contributed by atoms with E-state index in [1.165, 1.54) is 24.0 Å². The number of thioether (sulfide) groups is 1. The zero-order valence-corrected chi connectivity index (χ0v) is 12.1. The number of anilines is 1. The van der Waals surface area contributed by atoms with E-state index >= 15 is 0 Å². The van der Waals surface area contributed by atoms with Gasteiger partial charge in [0.2, 0.25) is 5.91 Å². The fraction of sp³-hybridized carbons (Fsp3) is 0.214. The number of hydrogen-bond acceptors (Lipinski definition) is 4. The van der Waals surface area contributed by atoms with E-state index in [0.717, 1.165) is 16.8 Å². The maximum absolute atomic E-state index is 11.9. The van der Waals surface area contributed by atoms with Crippen molar-refractivity contribution in [3.8, 4) is 0 Å². The molecule has 0 saturated carbocycles. The van der Waals surface area contributed by atoms with Crippen LogP contribution in [0.3, 0.4) is 0 Å². The zero-order valence-electron chi connectivity index (χ0n) is 11.3. The third-order valence-corrected chi connectivity index (χ3v) is 3.62. The minimum Gasteiger partial charge on any atom is -0.325 e. The van der Waals surface area contributed by atoms with Crippen LogP contribution in [0.2, 0.25) is 0 Å². The van der Waals surface area contributed by atoms with Crippen LogP contribution in [0.25, 0.3) is 0 Å². The summed E-state index contributed by atoms with van der Waals surface area (Å²) in [5.74, 6) is 0.0691. The van der Waals surface area contributed by atoms with Crippen molar-refractivity contribution in [2.24, 2.45) is 0 Å². The van der Waals surface area contributed by atoms with E-state index < -0.39 is 0 Å². The van der Waals surface area contributed by atoms with Crippen LogP contribution in [0.5, 0.6) is 0 Å². The number of carbonyl (C=O) groups is 1. The molecule has 104 valence electrons. The number of carbonyl (C=O) groups excluding carboxylic acids is 1. The molecule has 2 N–H and O–H groups in total. The molecule has 0 fully saturated rings. The number of aromatic nitrogens is 2. The predicted molar refractivity (Wildman–Crippen MR) is 80.1 cm³/mol. The molecule has 0 aliphatic carbocycles. The first-order valence-corrected chi connectivity index (χ1v) is 7.09. The molecule has 1 heterocycles. The minimum absolute atomic E-state index is 0.126. The number of nitrogens with one attached hydrogen (secondary N) is 2. The Labute approximate surface area is 120 Å². The molecule has 1 aromatic carbocycles. The molecule has 20 heavy (non-hydrogen) atoms. The molecule has 0 aliphatic rings. The summed E-state index contributed by atoms with van der Waals surface area (Å²) in [4.78, 5) is 29.6. The summed E-state index contributed by atoms with van der Waals surface area (Å²) in [6, 6.07) is 7.19. The monoisotopic (exact) mass is 289 g/mol. The van der Waals surface area contributed by atoms with Crippen LogP contribution >= 0.6 is 11.8 Å². The van der Waals surface area contributed by atoms with Crippen molar-refractivity contribution in [1.82, 2.24) is 9.97 Å². The Hall–Kier alpha value is -2.08. The Kier molecular flexibility index (Phi) is 4.57. The van der Waals surface area contributed by atoms with Gasteiger partial charge in [-0.2, -0.15) is 0 Å². The molecule has 0 saturated heterocycles. The molecule has 2 aromatic rings. The molecule has 1 amide bonds. The Morgan fingerprint density at radius 3 is 2.65 bits per heavy atom. The van der Waals surface area contributed by atoms with E-state index in [0.29, 0.717) is 5.16 Å². The van der Waals surface area contributed by atoms with Gasteiger partial charge in [-0.05, 0) is 25.0 Å². The van der Waals surface area contributed by atoms with Gasteiger partial charge < -0.3 is 10.3 Å². The maximum atomic E-state index is 11.9. The number of hydrogen-bond donors (Lipinski definition) is 2. The van der Waals surface area contributed by atoms with Crippen LogP contribution in [0.4, 0.5) is 5.69 Å². The lowest BCUT2D eigenvalue weighted by molar-refractivity contribution is -0.113. The Morgan fingerprint density at radius 2 is 2.00 bits per heavy atom. The van der Waals surface area contributed by atoms with Gasteiger partial charge in [0.25, 0.3) is 5.56 Å². The summed E-state index contributed by atoms with van der Waals surface area (Å²) in [5, 5.41) is 3.32. The van der Waals surface area contributed by atoms with Crippen molar-refractivity contribution in [2.45, 2.75) is 19.0 Å². The largest absolute Gasteiger partial charge is 0.325 e. The number of benzene rings is 1. The predicted octanol–water partition coefficient (Wildman–Crippen LogP) is 2.12. The third-order valence-electron chi connectivity index (χ3n) is 2.73. The second-order valence-corrected chi connectivity index (χ2v) is 5.31. The van der Waals surface area contributed by atoms with Gasteiger partial charge in [-0.1, -0.05) is 30.0 Å². The number of para-hydroxylation sites is 1. The van der Waals surface area contributed by atoms with Crippen LogP contribution in [-0.4, -0.2) is 21.6 Å². The average Bonchev–Trinajstić information content (AvgIpc) is 2.41. The second kappa shape index (κ2) is 6.38. The molecule has 1 aromatic heterocycles. The highest BCUT2D eigenvalue weighted by Gasteiger charge is 2.08. The lowest BCUT2D eigenvalue weighted by Gasteiger charge is -2.10. The van der Waals surface area contributed by atoms with Crippen LogP contribution in [0.15, 0.2) is 40.4 Å². The van der Waals surface area contributed by atoms with E-state index in [2.05, 4.69) is 15.3 Å². The Balaban J connectivity index is 1.98. The molecular weight excluding hydrogens is 274 g/mol. The maximum Gasteiger partial charge on any atom is 0.251 e. The number of rotatable bonds is 4. The standard InChI is InChI=1S/C14H15N3O2S/c1-9-4-3-5-10(2)13(9)16-12(19)8-20-14-15-7-6-11(18)17-14/h3-7H,8H2,1-2H3,(H,16,19)(H,15,17,18). The quantitative estimate of drug-likeness (QED) is 0.668. The smallest absolute Gasteiger partial charge is 0.251 e. The van der Waals surface area contributed by atoms with Crippen molar-refractivity contribution in [2.75, 3.05) is 11.1 Å². The highest BCUT2D eigenvalue weighted by Crippen LogP contribution is 2.20. The SMILES string of the molecule is Cc1cccc(C)c1NC(=O)CSc1nccc(=O)[nH]1. The van der Waals surface area contributed by atoms with E-state index in [1.54, 1.807) is 0 Å². The van der Waals surface area contributed by atoms with Gasteiger partial charge in [-0.15, -0.1) is 0 Å². The van der Waals surface area contributed by atoms with Gasteiger partial charge in [0, 0.05) is 18.0 Å². The van der Waals surface area contributed by atoms with Crippen molar-refractivity contribution in [1.29, 1.82) is 0 Å². The van der Waals surface area contributed by atoms with Gasteiger partial charge >= 0.3 is 0 Å². The van der Waals surface area contributed by atoms with Crippen molar-refractivity contribution in [3.05, 3.63) is 51.9 Å². The first-order chi connectivity index (χ1) is 9.56. The minimum atomic E-state index is -0.224. The number of amides is 1. The van der Waals surface area contributed by atoms with Crippen LogP contribution in [0.1, 0.15) is 11.1 Å². The molecule has 6 heteroatoms. The van der Waals surface area contributed by atoms with Gasteiger partial charge in [0.15, 0.2) is 5.16 Å². The Bertz CT molecular complexity index is 662.